The smallest absolute Gasteiger partial charge is 0.131 e. The van der Waals surface area contributed by atoms with Gasteiger partial charge < -0.3 is 9.84 Å². The van der Waals surface area contributed by atoms with E-state index in [-0.39, 0.29) is 6.61 Å². The van der Waals surface area contributed by atoms with Gasteiger partial charge in [0.25, 0.3) is 0 Å². The van der Waals surface area contributed by atoms with Gasteiger partial charge in [-0.15, -0.1) is 0 Å². The minimum atomic E-state index is -0.741. The van der Waals surface area contributed by atoms with Gasteiger partial charge in [-0.25, -0.2) is 4.39 Å². The Bertz CT molecular complexity index is 626. The highest BCUT2D eigenvalue weighted by Gasteiger charge is 2.14. The Morgan fingerprint density at radius 3 is 2.75 bits per heavy atom. The summed E-state index contributed by atoms with van der Waals surface area (Å²) in [5.41, 5.74) is 1.94. The van der Waals surface area contributed by atoms with Crippen LogP contribution in [0.2, 0.25) is 5.02 Å². The van der Waals surface area contributed by atoms with E-state index in [1.807, 2.05) is 0 Å². The molecule has 0 unspecified atom stereocenters. The van der Waals surface area contributed by atoms with Gasteiger partial charge in [-0.3, -0.25) is 4.68 Å². The predicted molar refractivity (Wildman–Crippen MR) is 74.3 cm³/mol. The fraction of sp³-hybridized carbons (Fsp3) is 0.357. The van der Waals surface area contributed by atoms with Crippen molar-refractivity contribution in [2.24, 2.45) is 7.05 Å². The molecule has 0 aliphatic heterocycles. The fourth-order valence-corrected chi connectivity index (χ4v) is 2.18. The first-order chi connectivity index (χ1) is 9.40. The van der Waals surface area contributed by atoms with Crippen LogP contribution in [0.25, 0.3) is 0 Å². The summed E-state index contributed by atoms with van der Waals surface area (Å²) in [5, 5.41) is 14.4. The van der Waals surface area contributed by atoms with Gasteiger partial charge >= 0.3 is 0 Å². The maximum atomic E-state index is 13.3. The van der Waals surface area contributed by atoms with E-state index >= 15 is 0 Å². The van der Waals surface area contributed by atoms with Crippen LogP contribution in [0.15, 0.2) is 18.2 Å². The molecule has 0 bridgehead atoms. The summed E-state index contributed by atoms with van der Waals surface area (Å²) < 4.78 is 20.5. The normalized spacial score (nSPS) is 12.5. The topological polar surface area (TPSA) is 47.3 Å². The number of aliphatic hydroxyl groups excluding tert-OH is 1. The molecule has 1 atom stereocenters. The van der Waals surface area contributed by atoms with Crippen LogP contribution in [0.5, 0.6) is 5.75 Å². The Kier molecular flexibility index (Phi) is 4.30. The first-order valence-electron chi connectivity index (χ1n) is 6.18. The number of aryl methyl sites for hydroxylation is 2. The van der Waals surface area contributed by atoms with Gasteiger partial charge in [-0.1, -0.05) is 11.6 Å². The Labute approximate surface area is 121 Å². The third-order valence-corrected chi connectivity index (χ3v) is 3.54. The Morgan fingerprint density at radius 2 is 2.20 bits per heavy atom. The van der Waals surface area contributed by atoms with Gasteiger partial charge in [0.1, 0.15) is 18.2 Å². The molecular formula is C14H16ClFN2O2. The molecule has 4 nitrogen and oxygen atoms in total. The molecule has 2 rings (SSSR count). The summed E-state index contributed by atoms with van der Waals surface area (Å²) in [7, 11) is 1.76. The van der Waals surface area contributed by atoms with Crippen molar-refractivity contribution in [1.82, 2.24) is 9.78 Å². The summed E-state index contributed by atoms with van der Waals surface area (Å²) in [5.74, 6) is -0.119. The summed E-state index contributed by atoms with van der Waals surface area (Å²) in [6.07, 6.45) is -0.741. The molecule has 6 heteroatoms. The van der Waals surface area contributed by atoms with Gasteiger partial charge in [-0.05, 0) is 26.0 Å². The van der Waals surface area contributed by atoms with Gasteiger partial charge in [0.15, 0.2) is 0 Å². The van der Waals surface area contributed by atoms with Crippen molar-refractivity contribution < 1.29 is 14.2 Å². The van der Waals surface area contributed by atoms with E-state index < -0.39 is 11.9 Å². The summed E-state index contributed by atoms with van der Waals surface area (Å²) in [6.45, 7) is 3.55. The highest BCUT2D eigenvalue weighted by Crippen LogP contribution is 2.28. The number of aliphatic hydroxyl groups is 1. The van der Waals surface area contributed by atoms with Gasteiger partial charge in [0, 0.05) is 18.7 Å². The van der Waals surface area contributed by atoms with E-state index in [0.29, 0.717) is 27.7 Å². The fourth-order valence-electron chi connectivity index (χ4n) is 1.96. The summed E-state index contributed by atoms with van der Waals surface area (Å²) in [4.78, 5) is 0. The number of ether oxygens (including phenoxy) is 1. The lowest BCUT2D eigenvalue weighted by molar-refractivity contribution is 0.189. The molecule has 20 heavy (non-hydrogen) atoms. The molecule has 1 N–H and O–H groups in total. The van der Waals surface area contributed by atoms with Crippen LogP contribution in [0.4, 0.5) is 4.39 Å². The van der Waals surface area contributed by atoms with Crippen molar-refractivity contribution in [2.75, 3.05) is 0 Å². The van der Waals surface area contributed by atoms with Gasteiger partial charge in [0.05, 0.1) is 22.5 Å². The van der Waals surface area contributed by atoms with Crippen LogP contribution in [-0.4, -0.2) is 14.9 Å². The maximum Gasteiger partial charge on any atom is 0.131 e. The number of hydrogen-bond acceptors (Lipinski definition) is 3. The zero-order valence-corrected chi connectivity index (χ0v) is 12.3. The largest absolute Gasteiger partial charge is 0.487 e. The van der Waals surface area contributed by atoms with Crippen molar-refractivity contribution in [1.29, 1.82) is 0 Å². The van der Waals surface area contributed by atoms with Crippen molar-refractivity contribution in [3.63, 3.8) is 0 Å². The monoisotopic (exact) mass is 298 g/mol. The zero-order valence-electron chi connectivity index (χ0n) is 11.5. The first-order valence-corrected chi connectivity index (χ1v) is 6.56. The third kappa shape index (κ3) is 2.94. The van der Waals surface area contributed by atoms with E-state index in [1.54, 1.807) is 25.6 Å². The Morgan fingerprint density at radius 1 is 1.50 bits per heavy atom. The minimum absolute atomic E-state index is 0.152. The Balaban J connectivity index is 2.24. The molecule has 0 fully saturated rings. The molecular weight excluding hydrogens is 283 g/mol. The van der Waals surface area contributed by atoms with Crippen LogP contribution in [0.3, 0.4) is 0 Å². The highest BCUT2D eigenvalue weighted by atomic mass is 35.5. The van der Waals surface area contributed by atoms with Crippen LogP contribution in [0, 0.1) is 12.7 Å². The number of halogens is 2. The first kappa shape index (κ1) is 14.8. The lowest BCUT2D eigenvalue weighted by atomic mass is 10.1. The van der Waals surface area contributed by atoms with Crippen molar-refractivity contribution in [3.05, 3.63) is 46.0 Å². The number of nitrogens with zero attached hydrogens (tertiary/aromatic N) is 2. The molecule has 0 amide bonds. The second-order valence-corrected chi connectivity index (χ2v) is 4.99. The van der Waals surface area contributed by atoms with Gasteiger partial charge in [-0.2, -0.15) is 5.10 Å². The molecule has 0 aliphatic rings. The number of benzene rings is 1. The van der Waals surface area contributed by atoms with Crippen LogP contribution in [-0.2, 0) is 13.7 Å². The second kappa shape index (κ2) is 5.81. The molecule has 0 saturated heterocycles. The molecule has 0 radical (unpaired) electrons. The number of hydrogen-bond donors (Lipinski definition) is 1. The van der Waals surface area contributed by atoms with E-state index in [4.69, 9.17) is 16.3 Å². The van der Waals surface area contributed by atoms with Gasteiger partial charge in [0.2, 0.25) is 0 Å². The summed E-state index contributed by atoms with van der Waals surface area (Å²) in [6, 6.07) is 4.04. The molecule has 0 aliphatic carbocycles. The summed E-state index contributed by atoms with van der Waals surface area (Å²) >= 11 is 6.13. The van der Waals surface area contributed by atoms with E-state index in [1.165, 1.54) is 18.2 Å². The van der Waals surface area contributed by atoms with Crippen molar-refractivity contribution in [2.45, 2.75) is 26.6 Å². The van der Waals surface area contributed by atoms with E-state index in [2.05, 4.69) is 5.10 Å². The van der Waals surface area contributed by atoms with Crippen LogP contribution >= 0.6 is 11.6 Å². The average Bonchev–Trinajstić information content (AvgIpc) is 2.61. The maximum absolute atomic E-state index is 13.3. The lowest BCUT2D eigenvalue weighted by Gasteiger charge is -2.13. The molecule has 0 saturated carbocycles. The minimum Gasteiger partial charge on any atom is -0.487 e. The third-order valence-electron chi connectivity index (χ3n) is 3.05. The zero-order chi connectivity index (χ0) is 14.9. The van der Waals surface area contributed by atoms with Crippen LogP contribution in [0.1, 0.15) is 30.0 Å². The van der Waals surface area contributed by atoms with Crippen LogP contribution < -0.4 is 4.74 Å². The highest BCUT2D eigenvalue weighted by molar-refractivity contribution is 6.31. The lowest BCUT2D eigenvalue weighted by Crippen LogP contribution is -2.06. The average molecular weight is 299 g/mol. The molecule has 0 spiro atoms. The van der Waals surface area contributed by atoms with E-state index in [0.717, 1.165) is 0 Å². The molecule has 1 aromatic heterocycles. The number of rotatable bonds is 4. The van der Waals surface area contributed by atoms with Crippen molar-refractivity contribution in [3.8, 4) is 5.75 Å². The Hall–Kier alpha value is -1.59. The standard InChI is InChI=1S/C14H16ClFN2O2/c1-8-14(15)12(18(3)17-8)7-20-13-6-10(16)4-5-11(13)9(2)19/h4-6,9,19H,7H2,1-3H3/t9-/m0/s1. The quantitative estimate of drug-likeness (QED) is 0.943. The van der Waals surface area contributed by atoms with E-state index in [9.17, 15) is 9.50 Å². The molecule has 108 valence electrons. The second-order valence-electron chi connectivity index (χ2n) is 4.62. The molecule has 1 aromatic carbocycles. The van der Waals surface area contributed by atoms with Crippen molar-refractivity contribution >= 4 is 11.6 Å². The SMILES string of the molecule is Cc1nn(C)c(COc2cc(F)ccc2[C@H](C)O)c1Cl. The number of aromatic nitrogens is 2. The molecule has 1 heterocycles. The predicted octanol–water partition coefficient (Wildman–Crippen LogP) is 3.15. The molecule has 2 aromatic rings.